The third-order valence-corrected chi connectivity index (χ3v) is 5.99. The lowest BCUT2D eigenvalue weighted by atomic mass is 10.0. The second-order valence-electron chi connectivity index (χ2n) is 9.06. The standard InChI is InChI=1S/C26H30N6O11/c1-2-3-13-42-43-28-12-5-4-6-19-25(37)29-18(23(27)35)11-14-41-21-9-7-16(32(39)40)15-17(21)24(36)30-20(26(38)31-19)8-10-22(33)34/h1,7,9,15,18-20,28H,4-6,8,10-12,14H2,(H2,27,35)(H,29,37)(H,30,36)(H,31,38)(H,33,34)/p+1/t18?,19-,20?/m1/s1. The molecule has 0 saturated carbocycles. The maximum atomic E-state index is 13.3. The summed E-state index contributed by atoms with van der Waals surface area (Å²) in [5, 5.41) is 27.8. The number of nitro benzene ring substituents is 1. The van der Waals surface area contributed by atoms with E-state index in [1.807, 2.05) is 5.92 Å². The third-order valence-electron chi connectivity index (χ3n) is 5.99. The number of primary amides is 1. The van der Waals surface area contributed by atoms with Crippen LogP contribution in [0.1, 0.15) is 48.9 Å². The zero-order valence-electron chi connectivity index (χ0n) is 22.8. The molecule has 230 valence electrons. The minimum Gasteiger partial charge on any atom is -0.493 e. The Morgan fingerprint density at radius 2 is 1.88 bits per heavy atom. The van der Waals surface area contributed by atoms with Crippen LogP contribution in [0.15, 0.2) is 18.2 Å². The van der Waals surface area contributed by atoms with E-state index in [4.69, 9.17) is 27.0 Å². The minimum atomic E-state index is -1.45. The number of carboxylic acids is 1. The first kappa shape index (κ1) is 33.8. The van der Waals surface area contributed by atoms with Crippen LogP contribution >= 0.6 is 0 Å². The fourth-order valence-electron chi connectivity index (χ4n) is 3.83. The number of rotatable bonds is 12. The van der Waals surface area contributed by atoms with Crippen LogP contribution in [0.2, 0.25) is 0 Å². The molecule has 1 heterocycles. The number of unbranched alkanes of at least 4 members (excludes halogenated alkanes) is 1. The summed E-state index contributed by atoms with van der Waals surface area (Å²) in [6, 6.07) is -0.703. The van der Waals surface area contributed by atoms with Gasteiger partial charge in [-0.15, -0.1) is 6.42 Å². The lowest BCUT2D eigenvalue weighted by molar-refractivity contribution is -0.960. The van der Waals surface area contributed by atoms with Gasteiger partial charge in [0.25, 0.3) is 11.6 Å². The highest BCUT2D eigenvalue weighted by atomic mass is 17.3. The van der Waals surface area contributed by atoms with Crippen molar-refractivity contribution in [2.45, 2.75) is 56.7 Å². The molecule has 0 aliphatic carbocycles. The van der Waals surface area contributed by atoms with Gasteiger partial charge in [0.2, 0.25) is 17.7 Å². The Hall–Kier alpha value is -5.39. The molecule has 0 spiro atoms. The van der Waals surface area contributed by atoms with Gasteiger partial charge in [0.15, 0.2) is 6.11 Å². The summed E-state index contributed by atoms with van der Waals surface area (Å²) >= 11 is 0. The van der Waals surface area contributed by atoms with Crippen LogP contribution in [0, 0.1) is 34.5 Å². The quantitative estimate of drug-likeness (QED) is 0.0500. The fourth-order valence-corrected chi connectivity index (χ4v) is 3.83. The number of amides is 4. The maximum Gasteiger partial charge on any atom is 0.303 e. The average molecular weight is 604 g/mol. The predicted molar refractivity (Wildman–Crippen MR) is 144 cm³/mol. The predicted octanol–water partition coefficient (Wildman–Crippen LogP) is -2.01. The molecule has 17 nitrogen and oxygen atoms in total. The van der Waals surface area contributed by atoms with Crippen molar-refractivity contribution in [2.24, 2.45) is 5.73 Å². The minimum absolute atomic E-state index is 0.0692. The molecular weight excluding hydrogens is 572 g/mol. The fraction of sp³-hybridized carbons (Fsp3) is 0.423. The highest BCUT2D eigenvalue weighted by Crippen LogP contribution is 2.25. The van der Waals surface area contributed by atoms with Crippen LogP contribution in [-0.4, -0.2) is 70.9 Å². The Kier molecular flexibility index (Phi) is 13.7. The van der Waals surface area contributed by atoms with E-state index in [1.54, 1.807) is 0 Å². The van der Waals surface area contributed by atoms with E-state index in [0.717, 1.165) is 12.1 Å². The number of non-ortho nitro benzene ring substituents is 1. The van der Waals surface area contributed by atoms with Gasteiger partial charge >= 0.3 is 5.97 Å². The first-order valence-corrected chi connectivity index (χ1v) is 13.0. The smallest absolute Gasteiger partial charge is 0.303 e. The Balaban J connectivity index is 2.30. The number of fused-ring (bicyclic) bond motifs is 1. The molecule has 17 heteroatoms. The van der Waals surface area contributed by atoms with Gasteiger partial charge in [-0.25, -0.2) is 4.89 Å². The third kappa shape index (κ3) is 11.6. The molecule has 1 aromatic rings. The van der Waals surface area contributed by atoms with Gasteiger partial charge < -0.3 is 31.5 Å². The summed E-state index contributed by atoms with van der Waals surface area (Å²) in [7, 11) is 0. The number of benzene rings is 1. The van der Waals surface area contributed by atoms with Crippen molar-refractivity contribution in [2.75, 3.05) is 13.2 Å². The summed E-state index contributed by atoms with van der Waals surface area (Å²) in [6.45, 7) is 0.138. The van der Waals surface area contributed by atoms with Gasteiger partial charge in [-0.3, -0.25) is 34.1 Å². The lowest BCUT2D eigenvalue weighted by Gasteiger charge is -2.25. The number of carbonyl (C=O) groups excluding carboxylic acids is 4. The SMILES string of the molecule is C#CC#COO[NH2+]CCCC[C@H]1NC(=O)C(CCC(=O)O)NC(=O)c2cc([N+](=O)[O-])ccc2OCCC(C(N)=O)NC1=O. The largest absolute Gasteiger partial charge is 0.493 e. The van der Waals surface area contributed by atoms with Crippen molar-refractivity contribution >= 4 is 35.3 Å². The van der Waals surface area contributed by atoms with E-state index >= 15 is 0 Å². The van der Waals surface area contributed by atoms with Crippen molar-refractivity contribution in [1.82, 2.24) is 16.0 Å². The van der Waals surface area contributed by atoms with E-state index in [-0.39, 0.29) is 37.2 Å². The highest BCUT2D eigenvalue weighted by Gasteiger charge is 2.31. The molecule has 1 aromatic carbocycles. The zero-order valence-corrected chi connectivity index (χ0v) is 22.8. The molecule has 8 N–H and O–H groups in total. The van der Waals surface area contributed by atoms with E-state index in [1.165, 1.54) is 11.5 Å². The molecule has 4 amide bonds. The monoisotopic (exact) mass is 603 g/mol. The van der Waals surface area contributed by atoms with Crippen LogP contribution in [0.5, 0.6) is 5.75 Å². The number of hydrogen-bond donors (Lipinski definition) is 6. The number of terminal acetylenes is 1. The Morgan fingerprint density at radius 1 is 1.16 bits per heavy atom. The number of aliphatic carboxylic acids is 1. The number of nitrogens with zero attached hydrogens (tertiary/aromatic N) is 1. The molecule has 0 bridgehead atoms. The topological polar surface area (TPSA) is 255 Å². The number of quaternary nitrogens is 1. The van der Waals surface area contributed by atoms with Crippen LogP contribution in [0.4, 0.5) is 5.69 Å². The Labute approximate surface area is 245 Å². The van der Waals surface area contributed by atoms with Crippen LogP contribution < -0.4 is 31.9 Å². The molecule has 0 radical (unpaired) electrons. The van der Waals surface area contributed by atoms with Gasteiger partial charge in [0.1, 0.15) is 30.4 Å². The summed E-state index contributed by atoms with van der Waals surface area (Å²) in [5.41, 5.74) is 6.02. The number of nitrogens with two attached hydrogens (primary N) is 2. The van der Waals surface area contributed by atoms with Crippen molar-refractivity contribution in [1.29, 1.82) is 0 Å². The first-order chi connectivity index (χ1) is 20.5. The van der Waals surface area contributed by atoms with Crippen molar-refractivity contribution in [3.05, 3.63) is 33.9 Å². The molecule has 3 atom stereocenters. The molecule has 0 fully saturated rings. The van der Waals surface area contributed by atoms with Crippen molar-refractivity contribution in [3.63, 3.8) is 0 Å². The normalized spacial score (nSPS) is 18.9. The molecule has 2 rings (SSSR count). The highest BCUT2D eigenvalue weighted by molar-refractivity contribution is 6.01. The molecule has 0 aromatic heterocycles. The van der Waals surface area contributed by atoms with E-state index in [9.17, 15) is 34.1 Å². The second kappa shape index (κ2) is 17.4. The molecular formula is C26H31N6O11+. The number of nitro groups is 1. The molecule has 1 aliphatic rings. The summed E-state index contributed by atoms with van der Waals surface area (Å²) in [4.78, 5) is 82.7. The zero-order chi connectivity index (χ0) is 31.8. The molecule has 1 aliphatic heterocycles. The summed E-state index contributed by atoms with van der Waals surface area (Å²) in [6.07, 6.45) is 6.91. The van der Waals surface area contributed by atoms with Gasteiger partial charge in [0, 0.05) is 35.9 Å². The first-order valence-electron chi connectivity index (χ1n) is 13.0. The lowest BCUT2D eigenvalue weighted by Crippen LogP contribution is -2.82. The number of hydrogen-bond acceptors (Lipinski definition) is 10. The number of carbonyl (C=O) groups is 5. The van der Waals surface area contributed by atoms with Crippen LogP contribution in [0.25, 0.3) is 0 Å². The van der Waals surface area contributed by atoms with E-state index in [0.29, 0.717) is 19.4 Å². The van der Waals surface area contributed by atoms with Crippen molar-refractivity contribution < 1.29 is 54.1 Å². The number of ether oxygens (including phenoxy) is 1. The van der Waals surface area contributed by atoms with Crippen LogP contribution in [-0.2, 0) is 29.1 Å². The molecule has 2 unspecified atom stereocenters. The summed E-state index contributed by atoms with van der Waals surface area (Å²) < 4.78 is 5.59. The number of carboxylic acid groups (broad SMARTS) is 1. The van der Waals surface area contributed by atoms with Gasteiger partial charge in [0.05, 0.1) is 17.1 Å². The van der Waals surface area contributed by atoms with Gasteiger partial charge in [-0.2, -0.15) is 5.48 Å². The Morgan fingerprint density at radius 3 is 2.56 bits per heavy atom. The number of hydroxylamine groups is 1. The second-order valence-corrected chi connectivity index (χ2v) is 9.06. The average Bonchev–Trinajstić information content (AvgIpc) is 2.96. The maximum absolute atomic E-state index is 13.3. The molecule has 0 saturated heterocycles. The van der Waals surface area contributed by atoms with Gasteiger partial charge in [-0.1, -0.05) is 0 Å². The summed E-state index contributed by atoms with van der Waals surface area (Å²) in [5.74, 6) is -0.656. The van der Waals surface area contributed by atoms with E-state index in [2.05, 4.69) is 32.9 Å². The van der Waals surface area contributed by atoms with Crippen LogP contribution in [0.3, 0.4) is 0 Å². The van der Waals surface area contributed by atoms with E-state index < -0.39 is 64.8 Å². The Bertz CT molecular complexity index is 1320. The number of nitrogens with one attached hydrogen (secondary N) is 3. The van der Waals surface area contributed by atoms with Gasteiger partial charge in [-0.05, 0) is 37.7 Å². The van der Waals surface area contributed by atoms with Crippen molar-refractivity contribution in [3.8, 4) is 30.1 Å². The molecule has 43 heavy (non-hydrogen) atoms.